The number of nitrogens with one attached hydrogen (secondary N) is 1. The standard InChI is InChI=1S/C21H14N3/c1-3-11-22-18(8-1)16-7-5-6-15-14-23-21(20(15)16)17-10-13-24-12-4-2-9-19(17)24/h1-13,23H. The van der Waals surface area contributed by atoms with E-state index in [0.29, 0.717) is 0 Å². The molecule has 0 fully saturated rings. The lowest BCUT2D eigenvalue weighted by Crippen LogP contribution is -1.86. The Kier molecular flexibility index (Phi) is 2.79. The summed E-state index contributed by atoms with van der Waals surface area (Å²) in [6, 6.07) is 20.6. The van der Waals surface area contributed by atoms with Gasteiger partial charge in [-0.1, -0.05) is 30.3 Å². The van der Waals surface area contributed by atoms with E-state index in [9.17, 15) is 0 Å². The van der Waals surface area contributed by atoms with Crippen molar-refractivity contribution in [2.45, 2.75) is 0 Å². The third-order valence-electron chi connectivity index (χ3n) is 4.41. The molecule has 0 spiro atoms. The molecule has 5 aromatic rings. The SMILES string of the molecule is [c]1[nH]c(-c2ccn3ccccc23)c2c(-c3ccccn3)cccc12. The van der Waals surface area contributed by atoms with Gasteiger partial charge < -0.3 is 9.38 Å². The van der Waals surface area contributed by atoms with Crippen molar-refractivity contribution in [2.75, 3.05) is 0 Å². The number of fused-ring (bicyclic) bond motifs is 2. The minimum Gasteiger partial charge on any atom is -0.352 e. The Hall–Kier alpha value is -3.33. The molecule has 3 nitrogen and oxygen atoms in total. The van der Waals surface area contributed by atoms with Crippen molar-refractivity contribution >= 4 is 16.3 Å². The van der Waals surface area contributed by atoms with Crippen molar-refractivity contribution in [3.63, 3.8) is 0 Å². The maximum Gasteiger partial charge on any atom is 0.0710 e. The molecular weight excluding hydrogens is 294 g/mol. The number of nitrogens with zero attached hydrogens (tertiary/aromatic N) is 2. The molecular formula is C21H14N3. The second-order valence-corrected chi connectivity index (χ2v) is 5.79. The first-order valence-electron chi connectivity index (χ1n) is 7.92. The van der Waals surface area contributed by atoms with Gasteiger partial charge in [0, 0.05) is 40.5 Å². The maximum absolute atomic E-state index is 4.53. The van der Waals surface area contributed by atoms with Gasteiger partial charge in [-0.3, -0.25) is 4.98 Å². The normalized spacial score (nSPS) is 11.3. The van der Waals surface area contributed by atoms with Crippen LogP contribution >= 0.6 is 0 Å². The second-order valence-electron chi connectivity index (χ2n) is 5.79. The number of H-pyrrole nitrogens is 1. The number of hydrogen-bond acceptors (Lipinski definition) is 1. The molecule has 113 valence electrons. The number of pyridine rings is 2. The van der Waals surface area contributed by atoms with Gasteiger partial charge in [-0.05, 0) is 30.3 Å². The Morgan fingerprint density at radius 2 is 1.79 bits per heavy atom. The van der Waals surface area contributed by atoms with Gasteiger partial charge in [0.05, 0.1) is 23.1 Å². The summed E-state index contributed by atoms with van der Waals surface area (Å²) in [4.78, 5) is 7.88. The fourth-order valence-electron chi connectivity index (χ4n) is 3.32. The van der Waals surface area contributed by atoms with Crippen LogP contribution in [0.2, 0.25) is 0 Å². The Balaban J connectivity index is 1.85. The molecule has 4 heterocycles. The van der Waals surface area contributed by atoms with Crippen LogP contribution in [-0.2, 0) is 0 Å². The summed E-state index contributed by atoms with van der Waals surface area (Å²) in [6.07, 6.45) is 9.27. The van der Waals surface area contributed by atoms with Gasteiger partial charge in [0.2, 0.25) is 0 Å². The van der Waals surface area contributed by atoms with Crippen LogP contribution in [0.3, 0.4) is 0 Å². The first kappa shape index (κ1) is 13.1. The van der Waals surface area contributed by atoms with E-state index >= 15 is 0 Å². The van der Waals surface area contributed by atoms with E-state index < -0.39 is 0 Å². The molecule has 0 saturated heterocycles. The Labute approximate surface area is 139 Å². The van der Waals surface area contributed by atoms with E-state index in [1.165, 1.54) is 11.1 Å². The van der Waals surface area contributed by atoms with Gasteiger partial charge in [0.25, 0.3) is 0 Å². The summed E-state index contributed by atoms with van der Waals surface area (Å²) >= 11 is 0. The Morgan fingerprint density at radius 1 is 0.833 bits per heavy atom. The fourth-order valence-corrected chi connectivity index (χ4v) is 3.32. The Bertz CT molecular complexity index is 1150. The fraction of sp³-hybridized carbons (Fsp3) is 0. The van der Waals surface area contributed by atoms with Gasteiger partial charge in [-0.25, -0.2) is 0 Å². The number of aromatic amines is 1. The smallest absolute Gasteiger partial charge is 0.0710 e. The molecule has 1 N–H and O–H groups in total. The predicted molar refractivity (Wildman–Crippen MR) is 96.8 cm³/mol. The highest BCUT2D eigenvalue weighted by atomic mass is 14.9. The molecule has 0 unspecified atom stereocenters. The van der Waals surface area contributed by atoms with Crippen molar-refractivity contribution in [1.82, 2.24) is 14.4 Å². The lowest BCUT2D eigenvalue weighted by molar-refractivity contribution is 1.20. The zero-order valence-electron chi connectivity index (χ0n) is 12.9. The average Bonchev–Trinajstić information content (AvgIpc) is 3.26. The largest absolute Gasteiger partial charge is 0.352 e. The van der Waals surface area contributed by atoms with Crippen LogP contribution in [0.5, 0.6) is 0 Å². The summed E-state index contributed by atoms with van der Waals surface area (Å²) in [6.45, 7) is 0. The minimum absolute atomic E-state index is 0.973. The first-order chi connectivity index (χ1) is 11.9. The van der Waals surface area contributed by atoms with E-state index in [2.05, 4.69) is 69.4 Å². The molecule has 1 radical (unpaired) electrons. The van der Waals surface area contributed by atoms with E-state index in [1.54, 1.807) is 0 Å². The quantitative estimate of drug-likeness (QED) is 0.492. The molecule has 0 bridgehead atoms. The van der Waals surface area contributed by atoms with E-state index in [-0.39, 0.29) is 0 Å². The molecule has 0 amide bonds. The third-order valence-corrected chi connectivity index (χ3v) is 4.41. The van der Waals surface area contributed by atoms with E-state index in [0.717, 1.165) is 27.7 Å². The van der Waals surface area contributed by atoms with Crippen LogP contribution in [0.15, 0.2) is 79.3 Å². The highest BCUT2D eigenvalue weighted by Gasteiger charge is 2.15. The number of benzene rings is 1. The summed E-state index contributed by atoms with van der Waals surface area (Å²) in [7, 11) is 0. The van der Waals surface area contributed by atoms with Crippen molar-refractivity contribution in [1.29, 1.82) is 0 Å². The summed E-state index contributed by atoms with van der Waals surface area (Å²) < 4.78 is 2.13. The average molecular weight is 308 g/mol. The van der Waals surface area contributed by atoms with Gasteiger partial charge >= 0.3 is 0 Å². The van der Waals surface area contributed by atoms with Crippen molar-refractivity contribution in [3.05, 3.63) is 85.5 Å². The van der Waals surface area contributed by atoms with Crippen LogP contribution in [-0.4, -0.2) is 14.4 Å². The zero-order chi connectivity index (χ0) is 15.9. The highest BCUT2D eigenvalue weighted by molar-refractivity contribution is 6.07. The summed E-state index contributed by atoms with van der Waals surface area (Å²) in [5.74, 6) is 0. The molecule has 0 aliphatic heterocycles. The molecule has 1 aromatic carbocycles. The molecule has 0 saturated carbocycles. The minimum atomic E-state index is 0.973. The van der Waals surface area contributed by atoms with Crippen molar-refractivity contribution in [3.8, 4) is 22.5 Å². The zero-order valence-corrected chi connectivity index (χ0v) is 12.9. The third kappa shape index (κ3) is 1.88. The van der Waals surface area contributed by atoms with Crippen LogP contribution in [0.4, 0.5) is 0 Å². The lowest BCUT2D eigenvalue weighted by Gasteiger charge is -2.06. The first-order valence-corrected chi connectivity index (χ1v) is 7.92. The number of aromatic nitrogens is 3. The number of rotatable bonds is 2. The highest BCUT2D eigenvalue weighted by Crippen LogP contribution is 2.36. The molecule has 5 rings (SSSR count). The van der Waals surface area contributed by atoms with Crippen LogP contribution in [0.25, 0.3) is 38.8 Å². The molecule has 24 heavy (non-hydrogen) atoms. The molecule has 0 atom stereocenters. The predicted octanol–water partition coefficient (Wildman–Crippen LogP) is 4.95. The monoisotopic (exact) mass is 308 g/mol. The van der Waals surface area contributed by atoms with Crippen LogP contribution in [0.1, 0.15) is 0 Å². The Morgan fingerprint density at radius 3 is 2.71 bits per heavy atom. The second kappa shape index (κ2) is 5.10. The maximum atomic E-state index is 4.53. The summed E-state index contributed by atoms with van der Waals surface area (Å²) in [5, 5.41) is 2.23. The van der Waals surface area contributed by atoms with Gasteiger partial charge in [-0.2, -0.15) is 0 Å². The molecule has 3 heteroatoms. The molecule has 4 aromatic heterocycles. The van der Waals surface area contributed by atoms with Gasteiger partial charge in [-0.15, -0.1) is 0 Å². The van der Waals surface area contributed by atoms with E-state index in [4.69, 9.17) is 0 Å². The van der Waals surface area contributed by atoms with Crippen LogP contribution < -0.4 is 0 Å². The topological polar surface area (TPSA) is 33.1 Å². The van der Waals surface area contributed by atoms with Crippen molar-refractivity contribution in [2.24, 2.45) is 0 Å². The van der Waals surface area contributed by atoms with Gasteiger partial charge in [0.15, 0.2) is 0 Å². The lowest BCUT2D eigenvalue weighted by atomic mass is 10.0. The van der Waals surface area contributed by atoms with E-state index in [1.807, 2.05) is 30.5 Å². The summed E-state index contributed by atoms with van der Waals surface area (Å²) in [5.41, 5.74) is 5.52. The molecule has 0 aliphatic rings. The number of hydrogen-bond donors (Lipinski definition) is 1. The van der Waals surface area contributed by atoms with Crippen LogP contribution in [0, 0.1) is 6.20 Å². The molecule has 0 aliphatic carbocycles. The van der Waals surface area contributed by atoms with Gasteiger partial charge in [0.1, 0.15) is 0 Å². The van der Waals surface area contributed by atoms with Crippen molar-refractivity contribution < 1.29 is 0 Å².